The van der Waals surface area contributed by atoms with Crippen molar-refractivity contribution in [1.29, 1.82) is 0 Å². The first-order valence-corrected chi connectivity index (χ1v) is 4.47. The summed E-state index contributed by atoms with van der Waals surface area (Å²) in [4.78, 5) is 0. The predicted molar refractivity (Wildman–Crippen MR) is 60.1 cm³/mol. The molecule has 1 aromatic carbocycles. The van der Waals surface area contributed by atoms with Gasteiger partial charge in [-0.2, -0.15) is 0 Å². The van der Waals surface area contributed by atoms with Crippen molar-refractivity contribution in [2.75, 3.05) is 13.7 Å². The summed E-state index contributed by atoms with van der Waals surface area (Å²) < 4.78 is 4.99. The van der Waals surface area contributed by atoms with E-state index in [2.05, 4.69) is 45.1 Å². The second-order valence-corrected chi connectivity index (χ2v) is 3.21. The van der Waals surface area contributed by atoms with Gasteiger partial charge in [0.2, 0.25) is 0 Å². The van der Waals surface area contributed by atoms with Crippen LogP contribution in [-0.2, 0) is 4.74 Å². The molecule has 0 atom stereocenters. The normalized spacial score (nSPS) is 11.7. The van der Waals surface area contributed by atoms with Crippen molar-refractivity contribution in [3.8, 4) is 0 Å². The fraction of sp³-hybridized carbons (Fsp3) is 0.273. The average Bonchev–Trinajstić information content (AvgIpc) is 2.14. The van der Waals surface area contributed by atoms with Gasteiger partial charge in [0.1, 0.15) is 7.85 Å². The molecule has 0 aromatic heterocycles. The molecule has 0 saturated carbocycles. The van der Waals surface area contributed by atoms with E-state index in [0.29, 0.717) is 6.61 Å². The number of rotatable bonds is 3. The lowest BCUT2D eigenvalue weighted by molar-refractivity contribution is 0.234. The van der Waals surface area contributed by atoms with Crippen LogP contribution < -0.4 is 5.46 Å². The molecule has 0 radical (unpaired) electrons. The van der Waals surface area contributed by atoms with Gasteiger partial charge in [-0.3, -0.25) is 0 Å². The Kier molecular flexibility index (Phi) is 3.78. The Balaban J connectivity index is 2.82. The van der Waals surface area contributed by atoms with E-state index in [-0.39, 0.29) is 0 Å². The van der Waals surface area contributed by atoms with Crippen LogP contribution in [0.3, 0.4) is 0 Å². The summed E-state index contributed by atoms with van der Waals surface area (Å²) in [6.07, 6.45) is 2.09. The molecule has 68 valence electrons. The summed E-state index contributed by atoms with van der Waals surface area (Å²) in [6, 6.07) is 8.48. The molecule has 0 aliphatic carbocycles. The number of benzene rings is 1. The molecule has 2 heteroatoms. The smallest absolute Gasteiger partial charge is 0.139 e. The standard InChI is InChI=1S/C11H15BO/c1-9(6-7-13-2)10-4-3-5-11(12)8-10/h3-6,8H,7,12H2,1-2H3/b9-6+. The third-order valence-corrected chi connectivity index (χ3v) is 2.03. The van der Waals surface area contributed by atoms with Gasteiger partial charge in [0.15, 0.2) is 0 Å². The fourth-order valence-electron chi connectivity index (χ4n) is 1.22. The number of methoxy groups -OCH3 is 1. The van der Waals surface area contributed by atoms with Gasteiger partial charge in [-0.05, 0) is 18.1 Å². The quantitative estimate of drug-likeness (QED) is 0.621. The molecule has 0 aliphatic heterocycles. The van der Waals surface area contributed by atoms with Crippen molar-refractivity contribution < 1.29 is 4.74 Å². The lowest BCUT2D eigenvalue weighted by Crippen LogP contribution is -2.01. The van der Waals surface area contributed by atoms with E-state index in [1.54, 1.807) is 7.11 Å². The Morgan fingerprint density at radius 1 is 1.54 bits per heavy atom. The topological polar surface area (TPSA) is 9.23 Å². The van der Waals surface area contributed by atoms with Crippen LogP contribution in [0.15, 0.2) is 30.3 Å². The first-order valence-electron chi connectivity index (χ1n) is 4.47. The van der Waals surface area contributed by atoms with Crippen molar-refractivity contribution in [3.63, 3.8) is 0 Å². The molecule has 0 saturated heterocycles. The average molecular weight is 174 g/mol. The minimum absolute atomic E-state index is 0.680. The molecule has 0 aliphatic rings. The second kappa shape index (κ2) is 4.88. The molecule has 13 heavy (non-hydrogen) atoms. The maximum absolute atomic E-state index is 4.99. The zero-order chi connectivity index (χ0) is 9.68. The zero-order valence-electron chi connectivity index (χ0n) is 8.50. The SMILES string of the molecule is Bc1cccc(/C(C)=C/COC)c1. The van der Waals surface area contributed by atoms with Crippen LogP contribution in [0.1, 0.15) is 12.5 Å². The Morgan fingerprint density at radius 2 is 2.31 bits per heavy atom. The Morgan fingerprint density at radius 3 is 2.92 bits per heavy atom. The van der Waals surface area contributed by atoms with E-state index in [4.69, 9.17) is 4.74 Å². The van der Waals surface area contributed by atoms with Crippen LogP contribution in [-0.4, -0.2) is 21.6 Å². The molecule has 0 fully saturated rings. The molecule has 1 aromatic rings. The second-order valence-electron chi connectivity index (χ2n) is 3.21. The van der Waals surface area contributed by atoms with Gasteiger partial charge in [0.25, 0.3) is 0 Å². The molecule has 1 rings (SSSR count). The first-order chi connectivity index (χ1) is 6.24. The summed E-state index contributed by atoms with van der Waals surface area (Å²) in [5.74, 6) is 0. The Hall–Kier alpha value is -1.02. The Labute approximate surface area is 80.8 Å². The van der Waals surface area contributed by atoms with E-state index in [0.717, 1.165) is 0 Å². The highest BCUT2D eigenvalue weighted by molar-refractivity contribution is 6.32. The summed E-state index contributed by atoms with van der Waals surface area (Å²) >= 11 is 0. The molecular weight excluding hydrogens is 159 g/mol. The summed E-state index contributed by atoms with van der Waals surface area (Å²) in [5.41, 5.74) is 3.84. The van der Waals surface area contributed by atoms with Crippen LogP contribution in [0.4, 0.5) is 0 Å². The van der Waals surface area contributed by atoms with Gasteiger partial charge in [0.05, 0.1) is 6.61 Å². The van der Waals surface area contributed by atoms with Gasteiger partial charge in [-0.25, -0.2) is 0 Å². The minimum Gasteiger partial charge on any atom is -0.381 e. The van der Waals surface area contributed by atoms with Crippen molar-refractivity contribution >= 4 is 18.9 Å². The Bertz CT molecular complexity index is 305. The number of allylic oxidation sites excluding steroid dienone is 1. The van der Waals surface area contributed by atoms with Gasteiger partial charge in [0, 0.05) is 7.11 Å². The highest BCUT2D eigenvalue weighted by atomic mass is 16.5. The molecule has 0 amide bonds. The maximum Gasteiger partial charge on any atom is 0.139 e. The van der Waals surface area contributed by atoms with Crippen molar-refractivity contribution in [2.24, 2.45) is 0 Å². The minimum atomic E-state index is 0.680. The summed E-state index contributed by atoms with van der Waals surface area (Å²) in [5, 5.41) is 0. The third kappa shape index (κ3) is 3.07. The van der Waals surface area contributed by atoms with E-state index >= 15 is 0 Å². The molecule has 0 N–H and O–H groups in total. The van der Waals surface area contributed by atoms with E-state index in [9.17, 15) is 0 Å². The van der Waals surface area contributed by atoms with Crippen LogP contribution in [0, 0.1) is 0 Å². The van der Waals surface area contributed by atoms with Gasteiger partial charge in [-0.1, -0.05) is 35.8 Å². The molecule has 0 unspecified atom stereocenters. The van der Waals surface area contributed by atoms with Gasteiger partial charge in [-0.15, -0.1) is 0 Å². The molecule has 0 heterocycles. The zero-order valence-corrected chi connectivity index (χ0v) is 8.50. The molecule has 0 bridgehead atoms. The molecule has 0 spiro atoms. The van der Waals surface area contributed by atoms with E-state index in [1.165, 1.54) is 16.6 Å². The largest absolute Gasteiger partial charge is 0.381 e. The number of hydrogen-bond acceptors (Lipinski definition) is 1. The highest BCUT2D eigenvalue weighted by Crippen LogP contribution is 2.10. The van der Waals surface area contributed by atoms with Crippen LogP contribution in [0.2, 0.25) is 0 Å². The monoisotopic (exact) mass is 174 g/mol. The van der Waals surface area contributed by atoms with E-state index < -0.39 is 0 Å². The van der Waals surface area contributed by atoms with Gasteiger partial charge < -0.3 is 4.74 Å². The molecular formula is C11H15BO. The summed E-state index contributed by atoms with van der Waals surface area (Å²) in [7, 11) is 3.81. The van der Waals surface area contributed by atoms with Crippen molar-refractivity contribution in [2.45, 2.75) is 6.92 Å². The van der Waals surface area contributed by atoms with Crippen LogP contribution >= 0.6 is 0 Å². The number of ether oxygens (including phenoxy) is 1. The highest BCUT2D eigenvalue weighted by Gasteiger charge is 1.94. The van der Waals surface area contributed by atoms with Crippen LogP contribution in [0.5, 0.6) is 0 Å². The lowest BCUT2D eigenvalue weighted by Gasteiger charge is -2.02. The van der Waals surface area contributed by atoms with Gasteiger partial charge >= 0.3 is 0 Å². The van der Waals surface area contributed by atoms with E-state index in [1.807, 2.05) is 0 Å². The molecule has 1 nitrogen and oxygen atoms in total. The van der Waals surface area contributed by atoms with Crippen molar-refractivity contribution in [1.82, 2.24) is 0 Å². The van der Waals surface area contributed by atoms with Crippen LogP contribution in [0.25, 0.3) is 5.57 Å². The maximum atomic E-state index is 4.99. The predicted octanol–water partition coefficient (Wildman–Crippen LogP) is 0.995. The first kappa shape index (κ1) is 10.1. The third-order valence-electron chi connectivity index (χ3n) is 2.03. The summed E-state index contributed by atoms with van der Waals surface area (Å²) in [6.45, 7) is 2.79. The lowest BCUT2D eigenvalue weighted by atomic mass is 9.92. The fourth-order valence-corrected chi connectivity index (χ4v) is 1.22. The number of hydrogen-bond donors (Lipinski definition) is 0. The van der Waals surface area contributed by atoms with Crippen molar-refractivity contribution in [3.05, 3.63) is 35.9 Å².